The Bertz CT molecular complexity index is 975. The number of rotatable bonds is 6. The van der Waals surface area contributed by atoms with E-state index in [9.17, 15) is 9.59 Å². The molecule has 0 fully saturated rings. The van der Waals surface area contributed by atoms with Gasteiger partial charge in [-0.3, -0.25) is 9.59 Å². The molecule has 26 heavy (non-hydrogen) atoms. The number of hydrogen-bond acceptors (Lipinski definition) is 6. The Morgan fingerprint density at radius 1 is 1.27 bits per heavy atom. The molecule has 0 spiro atoms. The van der Waals surface area contributed by atoms with Gasteiger partial charge in [0.1, 0.15) is 5.01 Å². The van der Waals surface area contributed by atoms with Gasteiger partial charge in [-0.1, -0.05) is 36.5 Å². The summed E-state index contributed by atoms with van der Waals surface area (Å²) in [6.07, 6.45) is 2.03. The first kappa shape index (κ1) is 17.7. The highest BCUT2D eigenvalue weighted by atomic mass is 32.1. The van der Waals surface area contributed by atoms with Crippen LogP contribution in [0.25, 0.3) is 10.9 Å². The van der Waals surface area contributed by atoms with Crippen molar-refractivity contribution in [3.8, 4) is 0 Å². The number of benzene rings is 1. The monoisotopic (exact) mass is 370 g/mol. The molecule has 0 aliphatic heterocycles. The number of hydrogen-bond donors (Lipinski definition) is 3. The lowest BCUT2D eigenvalue weighted by molar-refractivity contribution is -0.120. The molecule has 8 nitrogen and oxygen atoms in total. The zero-order chi connectivity index (χ0) is 18.5. The number of aromatic amines is 1. The molecule has 3 rings (SSSR count). The van der Waals surface area contributed by atoms with E-state index in [0.29, 0.717) is 16.6 Å². The summed E-state index contributed by atoms with van der Waals surface area (Å²) in [5, 5.41) is 16.3. The molecular formula is C17H18N6O2S. The lowest BCUT2D eigenvalue weighted by Crippen LogP contribution is -2.19. The minimum absolute atomic E-state index is 0.0455. The SMILES string of the molecule is CCC(=O)Nc1nnc(CC(=O)N/N=C\c2c(C)[nH]c3ccccc23)s1. The summed E-state index contributed by atoms with van der Waals surface area (Å²) in [6, 6.07) is 7.90. The van der Waals surface area contributed by atoms with Crippen LogP contribution in [0, 0.1) is 6.92 Å². The highest BCUT2D eigenvalue weighted by Gasteiger charge is 2.11. The number of anilines is 1. The molecule has 1 aromatic carbocycles. The highest BCUT2D eigenvalue weighted by Crippen LogP contribution is 2.20. The number of fused-ring (bicyclic) bond motifs is 1. The lowest BCUT2D eigenvalue weighted by atomic mass is 10.1. The van der Waals surface area contributed by atoms with E-state index in [-0.39, 0.29) is 18.2 Å². The Morgan fingerprint density at radius 2 is 2.08 bits per heavy atom. The Morgan fingerprint density at radius 3 is 2.88 bits per heavy atom. The molecule has 0 aliphatic rings. The van der Waals surface area contributed by atoms with Crippen molar-refractivity contribution >= 4 is 45.4 Å². The highest BCUT2D eigenvalue weighted by molar-refractivity contribution is 7.15. The maximum atomic E-state index is 12.0. The van der Waals surface area contributed by atoms with Gasteiger partial charge in [0.2, 0.25) is 16.9 Å². The number of hydrazone groups is 1. The van der Waals surface area contributed by atoms with Crippen LogP contribution in [0.4, 0.5) is 5.13 Å². The molecule has 0 atom stereocenters. The Labute approximate surface area is 153 Å². The van der Waals surface area contributed by atoms with Gasteiger partial charge >= 0.3 is 0 Å². The zero-order valence-corrected chi connectivity index (χ0v) is 15.2. The second-order valence-corrected chi connectivity index (χ2v) is 6.64. The summed E-state index contributed by atoms with van der Waals surface area (Å²) in [5.41, 5.74) is 5.42. The van der Waals surface area contributed by atoms with Crippen molar-refractivity contribution in [1.29, 1.82) is 0 Å². The fourth-order valence-electron chi connectivity index (χ4n) is 2.39. The third-order valence-corrected chi connectivity index (χ3v) is 4.51. The molecule has 2 amide bonds. The summed E-state index contributed by atoms with van der Waals surface area (Å²) >= 11 is 1.17. The minimum Gasteiger partial charge on any atom is -0.358 e. The Hall–Kier alpha value is -3.07. The normalized spacial score (nSPS) is 11.2. The van der Waals surface area contributed by atoms with E-state index in [1.54, 1.807) is 13.1 Å². The van der Waals surface area contributed by atoms with E-state index < -0.39 is 0 Å². The molecule has 0 radical (unpaired) electrons. The largest absolute Gasteiger partial charge is 0.358 e. The van der Waals surface area contributed by atoms with Crippen molar-refractivity contribution in [2.75, 3.05) is 5.32 Å². The fourth-order valence-corrected chi connectivity index (χ4v) is 3.15. The average Bonchev–Trinajstić information content (AvgIpc) is 3.18. The van der Waals surface area contributed by atoms with Gasteiger partial charge in [0.05, 0.1) is 12.6 Å². The van der Waals surface area contributed by atoms with Crippen LogP contribution in [-0.4, -0.2) is 33.2 Å². The average molecular weight is 370 g/mol. The summed E-state index contributed by atoms with van der Waals surface area (Å²) in [5.74, 6) is -0.445. The third kappa shape index (κ3) is 4.12. The van der Waals surface area contributed by atoms with Crippen molar-refractivity contribution in [2.45, 2.75) is 26.7 Å². The number of nitrogens with zero attached hydrogens (tertiary/aromatic N) is 3. The van der Waals surface area contributed by atoms with Crippen LogP contribution in [0.3, 0.4) is 0 Å². The lowest BCUT2D eigenvalue weighted by Gasteiger charge is -1.97. The van der Waals surface area contributed by atoms with Gasteiger partial charge in [0.25, 0.3) is 0 Å². The smallest absolute Gasteiger partial charge is 0.247 e. The first-order valence-corrected chi connectivity index (χ1v) is 8.90. The van der Waals surface area contributed by atoms with E-state index in [0.717, 1.165) is 22.2 Å². The molecule has 3 N–H and O–H groups in total. The standard InChI is InChI=1S/C17H18N6O2S/c1-3-14(24)20-17-23-22-16(26-17)8-15(25)21-18-9-12-10(2)19-13-7-5-4-6-11(12)13/h4-7,9,19H,3,8H2,1-2H3,(H,21,25)(H,20,23,24)/b18-9-. The number of aryl methyl sites for hydroxylation is 1. The Kier molecular flexibility index (Phi) is 5.37. The molecule has 0 unspecified atom stereocenters. The van der Waals surface area contributed by atoms with Crippen LogP contribution in [0.15, 0.2) is 29.4 Å². The predicted octanol–water partition coefficient (Wildman–Crippen LogP) is 2.37. The maximum absolute atomic E-state index is 12.0. The van der Waals surface area contributed by atoms with E-state index in [1.807, 2.05) is 31.2 Å². The fraction of sp³-hybridized carbons (Fsp3) is 0.235. The molecule has 0 bridgehead atoms. The molecule has 134 valence electrons. The van der Waals surface area contributed by atoms with E-state index >= 15 is 0 Å². The van der Waals surface area contributed by atoms with E-state index in [1.165, 1.54) is 11.3 Å². The van der Waals surface area contributed by atoms with Crippen LogP contribution < -0.4 is 10.7 Å². The van der Waals surface area contributed by atoms with Gasteiger partial charge in [-0.2, -0.15) is 5.10 Å². The number of para-hydroxylation sites is 1. The van der Waals surface area contributed by atoms with Crippen LogP contribution in [0.2, 0.25) is 0 Å². The first-order valence-electron chi connectivity index (χ1n) is 8.08. The van der Waals surface area contributed by atoms with Crippen LogP contribution in [0.1, 0.15) is 29.6 Å². The number of amides is 2. The van der Waals surface area contributed by atoms with Gasteiger partial charge in [-0.25, -0.2) is 5.43 Å². The predicted molar refractivity (Wildman–Crippen MR) is 101 cm³/mol. The van der Waals surface area contributed by atoms with Crippen LogP contribution >= 0.6 is 11.3 Å². The van der Waals surface area contributed by atoms with Crippen molar-refractivity contribution in [3.63, 3.8) is 0 Å². The summed E-state index contributed by atoms with van der Waals surface area (Å²) in [4.78, 5) is 26.6. The molecule has 0 saturated heterocycles. The van der Waals surface area contributed by atoms with Gasteiger partial charge in [-0.05, 0) is 13.0 Å². The minimum atomic E-state index is -0.303. The van der Waals surface area contributed by atoms with Crippen molar-refractivity contribution < 1.29 is 9.59 Å². The quantitative estimate of drug-likeness (QED) is 0.457. The number of H-pyrrole nitrogens is 1. The van der Waals surface area contributed by atoms with Gasteiger partial charge in [-0.15, -0.1) is 10.2 Å². The molecule has 0 aliphatic carbocycles. The number of carbonyl (C=O) groups is 2. The number of nitrogens with one attached hydrogen (secondary N) is 3. The Balaban J connectivity index is 1.59. The molecule has 2 aromatic heterocycles. The van der Waals surface area contributed by atoms with Crippen molar-refractivity contribution in [2.24, 2.45) is 5.10 Å². The third-order valence-electron chi connectivity index (χ3n) is 3.67. The summed E-state index contributed by atoms with van der Waals surface area (Å²) in [6.45, 7) is 3.70. The van der Waals surface area contributed by atoms with E-state index in [2.05, 4.69) is 31.0 Å². The molecule has 2 heterocycles. The topological polar surface area (TPSA) is 112 Å². The second-order valence-electron chi connectivity index (χ2n) is 5.58. The summed E-state index contributed by atoms with van der Waals surface area (Å²) < 4.78 is 0. The number of aromatic nitrogens is 3. The van der Waals surface area contributed by atoms with Gasteiger partial charge < -0.3 is 10.3 Å². The maximum Gasteiger partial charge on any atom is 0.247 e. The summed E-state index contributed by atoms with van der Waals surface area (Å²) in [7, 11) is 0. The zero-order valence-electron chi connectivity index (χ0n) is 14.4. The molecule has 9 heteroatoms. The van der Waals surface area contributed by atoms with Crippen molar-refractivity contribution in [3.05, 3.63) is 40.5 Å². The number of carbonyl (C=O) groups excluding carboxylic acids is 2. The molecular weight excluding hydrogens is 352 g/mol. The van der Waals surface area contributed by atoms with Crippen LogP contribution in [-0.2, 0) is 16.0 Å². The van der Waals surface area contributed by atoms with Crippen LogP contribution in [0.5, 0.6) is 0 Å². The van der Waals surface area contributed by atoms with E-state index in [4.69, 9.17) is 0 Å². The van der Waals surface area contributed by atoms with Gasteiger partial charge in [0, 0.05) is 28.6 Å². The molecule has 0 saturated carbocycles. The first-order chi connectivity index (χ1) is 12.6. The second kappa shape index (κ2) is 7.87. The van der Waals surface area contributed by atoms with Crippen molar-refractivity contribution in [1.82, 2.24) is 20.6 Å². The van der Waals surface area contributed by atoms with Gasteiger partial charge in [0.15, 0.2) is 0 Å². The molecule has 3 aromatic rings.